The van der Waals surface area contributed by atoms with Crippen molar-refractivity contribution in [3.05, 3.63) is 58.7 Å². The molecule has 0 aromatic heterocycles. The number of nitrogens with zero attached hydrogens (tertiary/aromatic N) is 1. The number of amides is 1. The van der Waals surface area contributed by atoms with E-state index >= 15 is 0 Å². The van der Waals surface area contributed by atoms with Crippen molar-refractivity contribution in [1.29, 1.82) is 0 Å². The van der Waals surface area contributed by atoms with Crippen molar-refractivity contribution < 1.29 is 14.3 Å². The zero-order valence-corrected chi connectivity index (χ0v) is 19.5. The smallest absolute Gasteiger partial charge is 0.251 e. The number of fused-ring (bicyclic) bond motifs is 1. The maximum absolute atomic E-state index is 12.1. The molecule has 0 saturated carbocycles. The molecule has 0 fully saturated rings. The number of guanidine groups is 1. The van der Waals surface area contributed by atoms with Gasteiger partial charge in [-0.05, 0) is 57.5 Å². The van der Waals surface area contributed by atoms with E-state index < -0.39 is 0 Å². The SMILES string of the molecule is CCNC(=O)c1cccc(CN=C(NCC)NCc2cc3c(cc2OCC)CC(C)O3)c1. The molecular weight excluding hydrogens is 404 g/mol. The first-order valence-corrected chi connectivity index (χ1v) is 11.4. The second-order valence-electron chi connectivity index (χ2n) is 7.74. The Bertz CT molecular complexity index is 958. The van der Waals surface area contributed by atoms with Gasteiger partial charge in [0.2, 0.25) is 0 Å². The van der Waals surface area contributed by atoms with Crippen molar-refractivity contribution >= 4 is 11.9 Å². The zero-order valence-electron chi connectivity index (χ0n) is 19.5. The third-order valence-electron chi connectivity index (χ3n) is 5.12. The molecule has 7 heteroatoms. The van der Waals surface area contributed by atoms with Crippen LogP contribution >= 0.6 is 0 Å². The molecule has 1 unspecified atom stereocenters. The van der Waals surface area contributed by atoms with Crippen LogP contribution in [0, 0.1) is 0 Å². The van der Waals surface area contributed by atoms with E-state index in [0.29, 0.717) is 37.8 Å². The molecule has 0 radical (unpaired) electrons. The minimum atomic E-state index is -0.0695. The van der Waals surface area contributed by atoms with Crippen molar-refractivity contribution in [1.82, 2.24) is 16.0 Å². The maximum atomic E-state index is 12.1. The highest BCUT2D eigenvalue weighted by molar-refractivity contribution is 5.94. The summed E-state index contributed by atoms with van der Waals surface area (Å²) < 4.78 is 11.8. The Morgan fingerprint density at radius 2 is 1.94 bits per heavy atom. The molecule has 2 aromatic rings. The molecule has 1 aliphatic heterocycles. The van der Waals surface area contributed by atoms with Gasteiger partial charge >= 0.3 is 0 Å². The van der Waals surface area contributed by atoms with E-state index in [9.17, 15) is 4.79 Å². The van der Waals surface area contributed by atoms with Gasteiger partial charge in [-0.3, -0.25) is 4.79 Å². The molecule has 7 nitrogen and oxygen atoms in total. The molecule has 0 bridgehead atoms. The Hall–Kier alpha value is -3.22. The minimum Gasteiger partial charge on any atom is -0.494 e. The van der Waals surface area contributed by atoms with Crippen molar-refractivity contribution in [3.63, 3.8) is 0 Å². The molecule has 0 aliphatic carbocycles. The predicted molar refractivity (Wildman–Crippen MR) is 128 cm³/mol. The van der Waals surface area contributed by atoms with Crippen LogP contribution in [-0.4, -0.2) is 37.7 Å². The zero-order chi connectivity index (χ0) is 22.9. The Morgan fingerprint density at radius 1 is 1.12 bits per heavy atom. The van der Waals surface area contributed by atoms with Crippen LogP contribution in [-0.2, 0) is 19.5 Å². The van der Waals surface area contributed by atoms with Crippen molar-refractivity contribution in [2.75, 3.05) is 19.7 Å². The van der Waals surface area contributed by atoms with E-state index in [1.807, 2.05) is 45.0 Å². The fourth-order valence-corrected chi connectivity index (χ4v) is 3.67. The minimum absolute atomic E-state index is 0.0695. The average molecular weight is 439 g/mol. The quantitative estimate of drug-likeness (QED) is 0.413. The molecule has 0 spiro atoms. The number of rotatable bonds is 9. The summed E-state index contributed by atoms with van der Waals surface area (Å²) in [5.41, 5.74) is 3.84. The van der Waals surface area contributed by atoms with Gasteiger partial charge in [0.15, 0.2) is 5.96 Å². The average Bonchev–Trinajstić information content (AvgIpc) is 3.15. The Balaban J connectivity index is 1.71. The number of aliphatic imine (C=N–C) groups is 1. The monoisotopic (exact) mass is 438 g/mol. The van der Waals surface area contributed by atoms with Gasteiger partial charge in [-0.2, -0.15) is 0 Å². The Kier molecular flexibility index (Phi) is 8.36. The number of benzene rings is 2. The van der Waals surface area contributed by atoms with E-state index in [4.69, 9.17) is 14.5 Å². The molecule has 3 N–H and O–H groups in total. The first kappa shape index (κ1) is 23.4. The lowest BCUT2D eigenvalue weighted by atomic mass is 10.1. The van der Waals surface area contributed by atoms with Gasteiger partial charge in [0.05, 0.1) is 13.2 Å². The lowest BCUT2D eigenvalue weighted by Crippen LogP contribution is -2.36. The summed E-state index contributed by atoms with van der Waals surface area (Å²) in [6, 6.07) is 11.7. The van der Waals surface area contributed by atoms with E-state index in [-0.39, 0.29) is 12.0 Å². The van der Waals surface area contributed by atoms with Crippen molar-refractivity contribution in [2.24, 2.45) is 4.99 Å². The third-order valence-corrected chi connectivity index (χ3v) is 5.12. The summed E-state index contributed by atoms with van der Waals surface area (Å²) in [6.45, 7) is 11.0. The van der Waals surface area contributed by atoms with Gasteiger partial charge in [-0.15, -0.1) is 0 Å². The predicted octanol–water partition coefficient (Wildman–Crippen LogP) is 3.41. The van der Waals surface area contributed by atoms with Crippen LogP contribution in [0.3, 0.4) is 0 Å². The second kappa shape index (κ2) is 11.4. The third kappa shape index (κ3) is 6.15. The number of carbonyl (C=O) groups excluding carboxylic acids is 1. The molecule has 0 saturated heterocycles. The molecule has 1 heterocycles. The van der Waals surface area contributed by atoms with Crippen LogP contribution in [0.25, 0.3) is 0 Å². The Morgan fingerprint density at radius 3 is 2.69 bits per heavy atom. The molecule has 32 heavy (non-hydrogen) atoms. The lowest BCUT2D eigenvalue weighted by Gasteiger charge is -2.15. The molecule has 1 atom stereocenters. The van der Waals surface area contributed by atoms with Gasteiger partial charge in [0.1, 0.15) is 17.6 Å². The number of hydrogen-bond acceptors (Lipinski definition) is 4. The normalized spacial score (nSPS) is 15.0. The van der Waals surface area contributed by atoms with E-state index in [1.165, 1.54) is 5.56 Å². The van der Waals surface area contributed by atoms with Crippen LogP contribution in [0.5, 0.6) is 11.5 Å². The first-order chi connectivity index (χ1) is 15.5. The number of ether oxygens (including phenoxy) is 2. The van der Waals surface area contributed by atoms with Gasteiger partial charge in [0.25, 0.3) is 5.91 Å². The van der Waals surface area contributed by atoms with Crippen LogP contribution in [0.4, 0.5) is 0 Å². The summed E-state index contributed by atoms with van der Waals surface area (Å²) in [4.78, 5) is 16.8. The molecular formula is C25H34N4O3. The number of carbonyl (C=O) groups is 1. The van der Waals surface area contributed by atoms with Gasteiger partial charge in [0, 0.05) is 42.7 Å². The molecule has 2 aromatic carbocycles. The Labute approximate surface area is 190 Å². The van der Waals surface area contributed by atoms with Gasteiger partial charge < -0.3 is 25.4 Å². The summed E-state index contributed by atoms with van der Waals surface area (Å²) in [7, 11) is 0. The molecule has 172 valence electrons. The summed E-state index contributed by atoms with van der Waals surface area (Å²) in [5.74, 6) is 2.44. The van der Waals surface area contributed by atoms with Crippen LogP contribution < -0.4 is 25.4 Å². The fourth-order valence-electron chi connectivity index (χ4n) is 3.67. The number of nitrogens with one attached hydrogen (secondary N) is 3. The second-order valence-corrected chi connectivity index (χ2v) is 7.74. The highest BCUT2D eigenvalue weighted by Crippen LogP contribution is 2.35. The van der Waals surface area contributed by atoms with Crippen LogP contribution in [0.2, 0.25) is 0 Å². The summed E-state index contributed by atoms with van der Waals surface area (Å²) >= 11 is 0. The van der Waals surface area contributed by atoms with E-state index in [2.05, 4.69) is 35.0 Å². The van der Waals surface area contributed by atoms with Crippen molar-refractivity contribution in [2.45, 2.75) is 53.3 Å². The highest BCUT2D eigenvalue weighted by Gasteiger charge is 2.22. The molecule has 1 aliphatic rings. The van der Waals surface area contributed by atoms with Gasteiger partial charge in [-0.25, -0.2) is 4.99 Å². The largest absolute Gasteiger partial charge is 0.494 e. The fraction of sp³-hybridized carbons (Fsp3) is 0.440. The van der Waals surface area contributed by atoms with E-state index in [0.717, 1.165) is 35.6 Å². The topological polar surface area (TPSA) is 84.0 Å². The molecule has 1 amide bonds. The highest BCUT2D eigenvalue weighted by atomic mass is 16.5. The van der Waals surface area contributed by atoms with Crippen LogP contribution in [0.1, 0.15) is 54.7 Å². The summed E-state index contributed by atoms with van der Waals surface area (Å²) in [5, 5.41) is 9.50. The standard InChI is InChI=1S/C25H34N4O3/c1-5-26-24(30)19-10-8-9-18(12-19)15-28-25(27-6-2)29-16-21-14-23-20(11-17(4)32-23)13-22(21)31-7-3/h8-10,12-14,17H,5-7,11,15-16H2,1-4H3,(H,26,30)(H2,27,28,29). The van der Waals surface area contributed by atoms with Gasteiger partial charge in [-0.1, -0.05) is 12.1 Å². The first-order valence-electron chi connectivity index (χ1n) is 11.4. The van der Waals surface area contributed by atoms with E-state index in [1.54, 1.807) is 0 Å². The molecule has 3 rings (SSSR count). The lowest BCUT2D eigenvalue weighted by molar-refractivity contribution is 0.0955. The number of hydrogen-bond donors (Lipinski definition) is 3. The van der Waals surface area contributed by atoms with Crippen LogP contribution in [0.15, 0.2) is 41.4 Å². The van der Waals surface area contributed by atoms with Crippen molar-refractivity contribution in [3.8, 4) is 11.5 Å². The summed E-state index contributed by atoms with van der Waals surface area (Å²) in [6.07, 6.45) is 1.10. The maximum Gasteiger partial charge on any atom is 0.251 e.